The summed E-state index contributed by atoms with van der Waals surface area (Å²) in [5.74, 6) is -1.09. The van der Waals surface area contributed by atoms with Gasteiger partial charge in [0, 0.05) is 16.2 Å². The van der Waals surface area contributed by atoms with Gasteiger partial charge < -0.3 is 10.4 Å². The molecular weight excluding hydrogens is 322 g/mol. The average molecular weight is 343 g/mol. The molecule has 0 saturated carbocycles. The van der Waals surface area contributed by atoms with Crippen LogP contribution in [0.3, 0.4) is 0 Å². The van der Waals surface area contributed by atoms with Crippen molar-refractivity contribution in [3.63, 3.8) is 0 Å². The minimum atomic E-state index is -1.02. The summed E-state index contributed by atoms with van der Waals surface area (Å²) in [7, 11) is 0. The van der Waals surface area contributed by atoms with E-state index in [4.69, 9.17) is 0 Å². The molecule has 126 valence electrons. The molecule has 0 radical (unpaired) electrons. The van der Waals surface area contributed by atoms with Crippen molar-refractivity contribution in [3.05, 3.63) is 57.3 Å². The lowest BCUT2D eigenvalue weighted by Gasteiger charge is -2.23. The quantitative estimate of drug-likeness (QED) is 0.846. The molecule has 5 heteroatoms. The number of amides is 1. The van der Waals surface area contributed by atoms with Crippen LogP contribution in [0, 0.1) is 5.41 Å². The molecule has 24 heavy (non-hydrogen) atoms. The fourth-order valence-electron chi connectivity index (χ4n) is 3.31. The Morgan fingerprint density at radius 3 is 2.29 bits per heavy atom. The molecule has 4 nitrogen and oxygen atoms in total. The van der Waals surface area contributed by atoms with Gasteiger partial charge in [-0.05, 0) is 42.5 Å². The molecule has 0 spiro atoms. The Morgan fingerprint density at radius 1 is 1.12 bits per heavy atom. The molecule has 1 amide bonds. The molecule has 0 atom stereocenters. The predicted molar refractivity (Wildman–Crippen MR) is 94.1 cm³/mol. The summed E-state index contributed by atoms with van der Waals surface area (Å²) in [6.45, 7) is 2.56. The van der Waals surface area contributed by atoms with Crippen molar-refractivity contribution in [3.8, 4) is 0 Å². The Bertz CT molecular complexity index is 740. The molecular formula is C19H21NO3S. The van der Waals surface area contributed by atoms with Gasteiger partial charge in [0.15, 0.2) is 0 Å². The van der Waals surface area contributed by atoms with E-state index in [2.05, 4.69) is 18.3 Å². The van der Waals surface area contributed by atoms with E-state index >= 15 is 0 Å². The SMILES string of the molecule is CCc1ccc(CNC(=O)CC2(C(=O)O)Cc3ccccc3C2)s1. The second-order valence-electron chi connectivity index (χ2n) is 6.38. The van der Waals surface area contributed by atoms with Gasteiger partial charge in [0.05, 0.1) is 12.0 Å². The third-order valence-corrected chi connectivity index (χ3v) is 5.88. The standard InChI is InChI=1S/C19H21NO3S/c1-2-15-7-8-16(24-15)12-20-17(21)11-19(18(22)23)9-13-5-3-4-6-14(13)10-19/h3-8H,2,9-12H2,1H3,(H,20,21)(H,22,23). The Hall–Kier alpha value is -2.14. The maximum absolute atomic E-state index is 12.3. The van der Waals surface area contributed by atoms with Crippen LogP contribution in [0.25, 0.3) is 0 Å². The second-order valence-corrected chi connectivity index (χ2v) is 7.64. The highest BCUT2D eigenvalue weighted by Gasteiger charge is 2.45. The molecule has 2 N–H and O–H groups in total. The van der Waals surface area contributed by atoms with Gasteiger partial charge in [-0.2, -0.15) is 0 Å². The molecule has 0 aliphatic heterocycles. The van der Waals surface area contributed by atoms with Gasteiger partial charge in [-0.15, -0.1) is 11.3 Å². The van der Waals surface area contributed by atoms with Gasteiger partial charge in [0.2, 0.25) is 5.91 Å². The number of rotatable bonds is 6. The van der Waals surface area contributed by atoms with Crippen molar-refractivity contribution in [2.45, 2.75) is 39.2 Å². The molecule has 1 aliphatic carbocycles. The number of aliphatic carboxylic acids is 1. The fraction of sp³-hybridized carbons (Fsp3) is 0.368. The van der Waals surface area contributed by atoms with Gasteiger partial charge in [0.1, 0.15) is 0 Å². The molecule has 2 aromatic rings. The summed E-state index contributed by atoms with van der Waals surface area (Å²) >= 11 is 1.68. The number of benzene rings is 1. The van der Waals surface area contributed by atoms with E-state index in [0.717, 1.165) is 22.4 Å². The molecule has 1 aromatic carbocycles. The van der Waals surface area contributed by atoms with Crippen LogP contribution in [0.5, 0.6) is 0 Å². The number of nitrogens with one attached hydrogen (secondary N) is 1. The highest BCUT2D eigenvalue weighted by molar-refractivity contribution is 7.11. The van der Waals surface area contributed by atoms with E-state index < -0.39 is 11.4 Å². The third-order valence-electron chi connectivity index (χ3n) is 4.65. The molecule has 1 heterocycles. The van der Waals surface area contributed by atoms with Gasteiger partial charge in [-0.1, -0.05) is 31.2 Å². The summed E-state index contributed by atoms with van der Waals surface area (Å²) in [5.41, 5.74) is 1.06. The number of thiophene rings is 1. The van der Waals surface area contributed by atoms with Gasteiger partial charge in [0.25, 0.3) is 0 Å². The number of fused-ring (bicyclic) bond motifs is 1. The molecule has 1 aliphatic rings. The van der Waals surface area contributed by atoms with Crippen molar-refractivity contribution in [2.24, 2.45) is 5.41 Å². The number of carbonyl (C=O) groups excluding carboxylic acids is 1. The maximum atomic E-state index is 12.3. The van der Waals surface area contributed by atoms with E-state index in [1.54, 1.807) is 11.3 Å². The highest BCUT2D eigenvalue weighted by Crippen LogP contribution is 2.40. The van der Waals surface area contributed by atoms with Crippen molar-refractivity contribution in [2.75, 3.05) is 0 Å². The van der Waals surface area contributed by atoms with Crippen LogP contribution in [-0.4, -0.2) is 17.0 Å². The largest absolute Gasteiger partial charge is 0.481 e. The lowest BCUT2D eigenvalue weighted by atomic mass is 9.81. The summed E-state index contributed by atoms with van der Waals surface area (Å²) in [6.07, 6.45) is 1.85. The number of carboxylic acids is 1. The molecule has 3 rings (SSSR count). The molecule has 0 unspecified atom stereocenters. The van der Waals surface area contributed by atoms with E-state index in [1.165, 1.54) is 4.88 Å². The smallest absolute Gasteiger partial charge is 0.310 e. The van der Waals surface area contributed by atoms with E-state index in [-0.39, 0.29) is 12.3 Å². The topological polar surface area (TPSA) is 66.4 Å². The van der Waals surface area contributed by atoms with Crippen LogP contribution in [0.15, 0.2) is 36.4 Å². The number of hydrogen-bond acceptors (Lipinski definition) is 3. The van der Waals surface area contributed by atoms with E-state index in [9.17, 15) is 14.7 Å². The Balaban J connectivity index is 1.64. The summed E-state index contributed by atoms with van der Waals surface area (Å²) in [6, 6.07) is 11.8. The third kappa shape index (κ3) is 3.36. The normalized spacial score (nSPS) is 15.0. The Kier molecular flexibility index (Phi) is 4.71. The lowest BCUT2D eigenvalue weighted by Crippen LogP contribution is -2.38. The molecule has 0 saturated heterocycles. The fourth-order valence-corrected chi connectivity index (χ4v) is 4.21. The monoisotopic (exact) mass is 343 g/mol. The Labute approximate surface area is 145 Å². The zero-order chi connectivity index (χ0) is 17.2. The minimum Gasteiger partial charge on any atom is -0.481 e. The van der Waals surface area contributed by atoms with Crippen molar-refractivity contribution in [1.82, 2.24) is 5.32 Å². The summed E-state index contributed by atoms with van der Waals surface area (Å²) < 4.78 is 0. The highest BCUT2D eigenvalue weighted by atomic mass is 32.1. The molecule has 0 fully saturated rings. The van der Waals surface area contributed by atoms with Crippen LogP contribution in [-0.2, 0) is 35.4 Å². The zero-order valence-corrected chi connectivity index (χ0v) is 14.5. The number of aryl methyl sites for hydroxylation is 1. The first kappa shape index (κ1) is 16.7. The first-order valence-electron chi connectivity index (χ1n) is 8.17. The van der Waals surface area contributed by atoms with Gasteiger partial charge in [-0.3, -0.25) is 9.59 Å². The minimum absolute atomic E-state index is 0.0169. The average Bonchev–Trinajstić information content (AvgIpc) is 3.17. The number of carbonyl (C=O) groups is 2. The molecule has 0 bridgehead atoms. The van der Waals surface area contributed by atoms with Gasteiger partial charge in [-0.25, -0.2) is 0 Å². The first-order valence-corrected chi connectivity index (χ1v) is 8.98. The van der Waals surface area contributed by atoms with E-state index in [0.29, 0.717) is 19.4 Å². The maximum Gasteiger partial charge on any atom is 0.310 e. The van der Waals surface area contributed by atoms with Crippen molar-refractivity contribution in [1.29, 1.82) is 0 Å². The summed E-state index contributed by atoms with van der Waals surface area (Å²) in [5, 5.41) is 12.6. The van der Waals surface area contributed by atoms with Crippen LogP contribution < -0.4 is 5.32 Å². The molecule has 1 aromatic heterocycles. The van der Waals surface area contributed by atoms with Crippen LogP contribution in [0.1, 0.15) is 34.2 Å². The predicted octanol–water partition coefficient (Wildman–Crippen LogP) is 3.19. The number of hydrogen-bond donors (Lipinski definition) is 2. The van der Waals surface area contributed by atoms with Crippen molar-refractivity contribution < 1.29 is 14.7 Å². The van der Waals surface area contributed by atoms with Crippen LogP contribution in [0.4, 0.5) is 0 Å². The van der Waals surface area contributed by atoms with E-state index in [1.807, 2.05) is 30.3 Å². The Morgan fingerprint density at radius 2 is 1.75 bits per heavy atom. The van der Waals surface area contributed by atoms with Crippen molar-refractivity contribution >= 4 is 23.2 Å². The first-order chi connectivity index (χ1) is 11.5. The lowest BCUT2D eigenvalue weighted by molar-refractivity contribution is -0.151. The van der Waals surface area contributed by atoms with Crippen LogP contribution in [0.2, 0.25) is 0 Å². The zero-order valence-electron chi connectivity index (χ0n) is 13.7. The van der Waals surface area contributed by atoms with Crippen LogP contribution >= 0.6 is 11.3 Å². The number of carboxylic acid groups (broad SMARTS) is 1. The summed E-state index contributed by atoms with van der Waals surface area (Å²) in [4.78, 5) is 26.6. The second kappa shape index (κ2) is 6.77. The van der Waals surface area contributed by atoms with Gasteiger partial charge >= 0.3 is 5.97 Å².